The lowest BCUT2D eigenvalue weighted by Crippen LogP contribution is -2.48. The molecule has 0 amide bonds. The van der Waals surface area contributed by atoms with Gasteiger partial charge in [-0.3, -0.25) is 4.90 Å². The fraction of sp³-hybridized carbons (Fsp3) is 0.615. The highest BCUT2D eigenvalue weighted by molar-refractivity contribution is 7.80. The summed E-state index contributed by atoms with van der Waals surface area (Å²) >= 11 is 4.96. The van der Waals surface area contributed by atoms with Crippen molar-refractivity contribution in [2.45, 2.75) is 0 Å². The smallest absolute Gasteiger partial charge is 0.226 e. The molecule has 1 saturated heterocycles. The summed E-state index contributed by atoms with van der Waals surface area (Å²) in [5.74, 6) is 0.725. The largest absolute Gasteiger partial charge is 0.388 e. The number of hydrogen-bond acceptors (Lipinski definition) is 6. The number of rotatable bonds is 5. The fourth-order valence-electron chi connectivity index (χ4n) is 2.15. The minimum absolute atomic E-state index is 0.318. The molecule has 20 heavy (non-hydrogen) atoms. The van der Waals surface area contributed by atoms with E-state index in [2.05, 4.69) is 38.8 Å². The van der Waals surface area contributed by atoms with E-state index in [1.807, 2.05) is 0 Å². The zero-order valence-corrected chi connectivity index (χ0v) is 12.9. The first kappa shape index (κ1) is 15.1. The Hall–Kier alpha value is -1.31. The van der Waals surface area contributed by atoms with E-state index >= 15 is 0 Å². The Kier molecular flexibility index (Phi) is 5.22. The molecule has 7 heteroatoms. The van der Waals surface area contributed by atoms with Gasteiger partial charge >= 0.3 is 0 Å². The van der Waals surface area contributed by atoms with Crippen molar-refractivity contribution in [3.8, 4) is 0 Å². The highest BCUT2D eigenvalue weighted by Crippen LogP contribution is 2.11. The van der Waals surface area contributed by atoms with Crippen LogP contribution in [0, 0.1) is 0 Å². The lowest BCUT2D eigenvalue weighted by molar-refractivity contribution is 0.228. The van der Waals surface area contributed by atoms with Crippen LogP contribution in [0.3, 0.4) is 0 Å². The first-order valence-corrected chi connectivity index (χ1v) is 7.22. The molecular weight excluding hydrogens is 272 g/mol. The van der Waals surface area contributed by atoms with Gasteiger partial charge in [0.25, 0.3) is 0 Å². The van der Waals surface area contributed by atoms with E-state index in [0.717, 1.165) is 45.2 Å². The van der Waals surface area contributed by atoms with Crippen LogP contribution < -0.4 is 10.6 Å². The molecule has 0 radical (unpaired) electrons. The molecule has 1 aromatic rings. The van der Waals surface area contributed by atoms with Gasteiger partial charge in [-0.2, -0.15) is 0 Å². The minimum atomic E-state index is 0.318. The van der Waals surface area contributed by atoms with Gasteiger partial charge < -0.3 is 15.5 Å². The van der Waals surface area contributed by atoms with E-state index in [1.54, 1.807) is 12.3 Å². The van der Waals surface area contributed by atoms with Gasteiger partial charge in [-0.25, -0.2) is 9.97 Å². The summed E-state index contributed by atoms with van der Waals surface area (Å²) in [6, 6.07) is 1.75. The maximum Gasteiger partial charge on any atom is 0.226 e. The molecular formula is C13H22N6S. The van der Waals surface area contributed by atoms with Crippen LogP contribution in [0.2, 0.25) is 0 Å². The van der Waals surface area contributed by atoms with Gasteiger partial charge in [0, 0.05) is 45.5 Å². The van der Waals surface area contributed by atoms with Crippen LogP contribution in [0.4, 0.5) is 5.95 Å². The van der Waals surface area contributed by atoms with Gasteiger partial charge in [0.1, 0.15) is 10.7 Å². The summed E-state index contributed by atoms with van der Waals surface area (Å²) in [6.07, 6.45) is 1.72. The number of anilines is 1. The fourth-order valence-corrected chi connectivity index (χ4v) is 2.26. The van der Waals surface area contributed by atoms with Crippen molar-refractivity contribution in [1.82, 2.24) is 19.8 Å². The Morgan fingerprint density at radius 1 is 1.35 bits per heavy atom. The number of piperazine rings is 1. The van der Waals surface area contributed by atoms with Gasteiger partial charge in [0.15, 0.2) is 0 Å². The Labute approximate surface area is 125 Å². The van der Waals surface area contributed by atoms with Gasteiger partial charge in [0.2, 0.25) is 5.95 Å². The van der Waals surface area contributed by atoms with E-state index in [9.17, 15) is 0 Å². The highest BCUT2D eigenvalue weighted by Gasteiger charge is 2.19. The number of likely N-dealkylation sites (N-methyl/N-ethyl adjacent to an activating group) is 1. The van der Waals surface area contributed by atoms with Gasteiger partial charge in [-0.15, -0.1) is 0 Å². The van der Waals surface area contributed by atoms with Crippen LogP contribution in [0.5, 0.6) is 0 Å². The molecule has 0 atom stereocenters. The zero-order valence-electron chi connectivity index (χ0n) is 12.1. The van der Waals surface area contributed by atoms with Crippen LogP contribution >= 0.6 is 12.2 Å². The molecule has 2 heterocycles. The number of thiocarbonyl (C=S) groups is 1. The second kappa shape index (κ2) is 6.92. The van der Waals surface area contributed by atoms with Gasteiger partial charge in [-0.1, -0.05) is 12.2 Å². The summed E-state index contributed by atoms with van der Waals surface area (Å²) < 4.78 is 0. The first-order valence-electron chi connectivity index (χ1n) is 6.81. The molecule has 0 aliphatic carbocycles. The lowest BCUT2D eigenvalue weighted by atomic mass is 10.3. The lowest BCUT2D eigenvalue weighted by Gasteiger charge is -2.35. The molecule has 1 aliphatic rings. The first-order chi connectivity index (χ1) is 9.56. The summed E-state index contributed by atoms with van der Waals surface area (Å²) in [6.45, 7) is 6.15. The van der Waals surface area contributed by atoms with Crippen molar-refractivity contribution in [3.63, 3.8) is 0 Å². The minimum Gasteiger partial charge on any atom is -0.388 e. The predicted octanol–water partition coefficient (Wildman–Crippen LogP) is -0.206. The Bertz CT molecular complexity index is 456. The quantitative estimate of drug-likeness (QED) is 0.754. The number of aromatic nitrogens is 2. The summed E-state index contributed by atoms with van der Waals surface area (Å²) in [5, 5.41) is 0. The highest BCUT2D eigenvalue weighted by atomic mass is 32.1. The third-order valence-corrected chi connectivity index (χ3v) is 3.62. The van der Waals surface area contributed by atoms with Crippen molar-refractivity contribution >= 4 is 23.2 Å². The molecule has 6 nitrogen and oxygen atoms in total. The van der Waals surface area contributed by atoms with E-state index < -0.39 is 0 Å². The Morgan fingerprint density at radius 2 is 2.05 bits per heavy atom. The van der Waals surface area contributed by atoms with E-state index in [0.29, 0.717) is 10.7 Å². The van der Waals surface area contributed by atoms with Crippen molar-refractivity contribution in [2.24, 2.45) is 5.73 Å². The average Bonchev–Trinajstić information content (AvgIpc) is 2.46. The van der Waals surface area contributed by atoms with Crippen LogP contribution in [0.1, 0.15) is 5.69 Å². The molecule has 0 aromatic carbocycles. The van der Waals surface area contributed by atoms with Gasteiger partial charge in [0.05, 0.1) is 0 Å². The van der Waals surface area contributed by atoms with E-state index in [-0.39, 0.29) is 0 Å². The second-order valence-electron chi connectivity index (χ2n) is 5.24. The molecule has 0 saturated carbocycles. The van der Waals surface area contributed by atoms with Crippen molar-refractivity contribution in [1.29, 1.82) is 0 Å². The molecule has 1 aliphatic heterocycles. The number of nitrogens with zero attached hydrogens (tertiary/aromatic N) is 5. The Morgan fingerprint density at radius 3 is 2.65 bits per heavy atom. The van der Waals surface area contributed by atoms with E-state index in [1.165, 1.54) is 0 Å². The SMILES string of the molecule is CN(C)CCN1CCN(c2nccc(C(N)=S)n2)CC1. The van der Waals surface area contributed by atoms with Crippen LogP contribution in [0.15, 0.2) is 12.3 Å². The van der Waals surface area contributed by atoms with Crippen molar-refractivity contribution < 1.29 is 0 Å². The number of nitrogens with two attached hydrogens (primary N) is 1. The normalized spacial score (nSPS) is 16.6. The Balaban J connectivity index is 1.90. The second-order valence-corrected chi connectivity index (χ2v) is 5.68. The average molecular weight is 294 g/mol. The molecule has 1 fully saturated rings. The molecule has 2 rings (SSSR count). The van der Waals surface area contributed by atoms with Crippen LogP contribution in [-0.2, 0) is 0 Å². The standard InChI is InChI=1S/C13H22N6S/c1-17(2)5-6-18-7-9-19(10-8-18)13-15-4-3-11(16-13)12(14)20/h3-4H,5-10H2,1-2H3,(H2,14,20). The van der Waals surface area contributed by atoms with E-state index in [4.69, 9.17) is 18.0 Å². The third-order valence-electron chi connectivity index (χ3n) is 3.41. The maximum atomic E-state index is 5.61. The van der Waals surface area contributed by atoms with Crippen LogP contribution in [-0.4, -0.2) is 78.1 Å². The van der Waals surface area contributed by atoms with Gasteiger partial charge in [-0.05, 0) is 20.2 Å². The summed E-state index contributed by atoms with van der Waals surface area (Å²) in [7, 11) is 4.20. The van der Waals surface area contributed by atoms with Crippen molar-refractivity contribution in [3.05, 3.63) is 18.0 Å². The molecule has 0 unspecified atom stereocenters. The zero-order chi connectivity index (χ0) is 14.5. The molecule has 0 spiro atoms. The maximum absolute atomic E-state index is 5.61. The third kappa shape index (κ3) is 4.09. The monoisotopic (exact) mass is 294 g/mol. The summed E-state index contributed by atoms with van der Waals surface area (Å²) in [4.78, 5) is 15.9. The molecule has 2 N–H and O–H groups in total. The topological polar surface area (TPSA) is 61.5 Å². The van der Waals surface area contributed by atoms with Crippen LogP contribution in [0.25, 0.3) is 0 Å². The number of hydrogen-bond donors (Lipinski definition) is 1. The molecule has 0 bridgehead atoms. The van der Waals surface area contributed by atoms with Crippen molar-refractivity contribution in [2.75, 3.05) is 58.3 Å². The predicted molar refractivity (Wildman–Crippen MR) is 85.1 cm³/mol. The molecule has 1 aromatic heterocycles. The summed E-state index contributed by atoms with van der Waals surface area (Å²) in [5.41, 5.74) is 6.25. The molecule has 110 valence electrons.